The second-order valence-corrected chi connectivity index (χ2v) is 12.2. The molecule has 0 radical (unpaired) electrons. The van der Waals surface area contributed by atoms with E-state index in [1.807, 2.05) is 0 Å². The highest BCUT2D eigenvalue weighted by Crippen LogP contribution is 2.37. The zero-order valence-corrected chi connectivity index (χ0v) is 23.4. The number of rotatable bonds is 9. The molecule has 4 rings (SSSR count). The molecule has 42 heavy (non-hydrogen) atoms. The van der Waals surface area contributed by atoms with Crippen LogP contribution in [0.25, 0.3) is 0 Å². The molecule has 0 saturated heterocycles. The molecule has 0 N–H and O–H groups in total. The third kappa shape index (κ3) is 7.91. The fourth-order valence-corrected chi connectivity index (χ4v) is 6.67. The normalized spacial score (nSPS) is 15.1. The van der Waals surface area contributed by atoms with Gasteiger partial charge in [0.05, 0.1) is 17.7 Å². The average molecular weight is 613 g/mol. The van der Waals surface area contributed by atoms with Crippen molar-refractivity contribution in [1.29, 1.82) is 0 Å². The lowest BCUT2D eigenvalue weighted by Gasteiger charge is -2.33. The molecule has 226 valence electrons. The molecule has 0 aromatic heterocycles. The third-order valence-corrected chi connectivity index (χ3v) is 9.01. The van der Waals surface area contributed by atoms with Crippen molar-refractivity contribution in [3.05, 3.63) is 107 Å². The Morgan fingerprint density at radius 1 is 0.714 bits per heavy atom. The van der Waals surface area contributed by atoms with Crippen molar-refractivity contribution in [1.82, 2.24) is 8.61 Å². The van der Waals surface area contributed by atoms with Crippen LogP contribution in [0.4, 0.5) is 26.3 Å². The summed E-state index contributed by atoms with van der Waals surface area (Å²) in [6.45, 7) is -0.670. The van der Waals surface area contributed by atoms with E-state index in [0.717, 1.165) is 36.4 Å². The molecule has 0 spiro atoms. The van der Waals surface area contributed by atoms with Crippen molar-refractivity contribution in [3.63, 3.8) is 0 Å². The Balaban J connectivity index is 1.82. The van der Waals surface area contributed by atoms with E-state index in [-0.39, 0.29) is 37.2 Å². The van der Waals surface area contributed by atoms with E-state index in [9.17, 15) is 39.6 Å². The van der Waals surface area contributed by atoms with E-state index in [0.29, 0.717) is 15.4 Å². The summed E-state index contributed by atoms with van der Waals surface area (Å²) in [7, 11) is -4.75. The second-order valence-electron chi connectivity index (χ2n) is 10.4. The Labute approximate surface area is 240 Å². The summed E-state index contributed by atoms with van der Waals surface area (Å²) < 4.78 is 112. The van der Waals surface area contributed by atoms with Crippen LogP contribution in [-0.2, 0) is 35.7 Å². The van der Waals surface area contributed by atoms with E-state index >= 15 is 0 Å². The Kier molecular flexibility index (Phi) is 9.67. The fraction of sp³-hybridized carbons (Fsp3) is 0.367. The molecule has 0 atom stereocenters. The first kappa shape index (κ1) is 31.6. The van der Waals surface area contributed by atoms with Crippen molar-refractivity contribution in [2.24, 2.45) is 5.92 Å². The minimum Gasteiger partial charge on any atom is -0.268 e. The zero-order chi connectivity index (χ0) is 30.5. The van der Waals surface area contributed by atoms with Gasteiger partial charge in [0.25, 0.3) is 5.91 Å². The first-order valence-electron chi connectivity index (χ1n) is 13.4. The molecule has 3 aromatic carbocycles. The van der Waals surface area contributed by atoms with Crippen LogP contribution in [0.5, 0.6) is 0 Å². The predicted octanol–water partition coefficient (Wildman–Crippen LogP) is 7.69. The van der Waals surface area contributed by atoms with E-state index in [4.69, 9.17) is 0 Å². The minimum absolute atomic E-state index is 0.0173. The summed E-state index contributed by atoms with van der Waals surface area (Å²) in [4.78, 5) is 13.8. The maximum absolute atomic E-state index is 14.3. The molecule has 1 saturated carbocycles. The van der Waals surface area contributed by atoms with Crippen LogP contribution in [0.15, 0.2) is 78.9 Å². The first-order valence-corrected chi connectivity index (χ1v) is 14.8. The number of halogens is 6. The van der Waals surface area contributed by atoms with Crippen LogP contribution in [0.3, 0.4) is 0 Å². The number of alkyl halides is 6. The maximum atomic E-state index is 14.3. The number of nitrogens with zero attached hydrogens (tertiary/aromatic N) is 2. The molecule has 5 nitrogen and oxygen atoms in total. The van der Waals surface area contributed by atoms with Crippen LogP contribution >= 0.6 is 0 Å². The molecular formula is C30H30F6N2O3S. The molecule has 0 heterocycles. The summed E-state index contributed by atoms with van der Waals surface area (Å²) in [5, 5.41) is 0. The van der Waals surface area contributed by atoms with Gasteiger partial charge in [0.1, 0.15) is 0 Å². The number of amides is 1. The van der Waals surface area contributed by atoms with Crippen LogP contribution in [0.2, 0.25) is 0 Å². The van der Waals surface area contributed by atoms with Crippen molar-refractivity contribution < 1.29 is 39.6 Å². The molecule has 3 aromatic rings. The highest BCUT2D eigenvalue weighted by atomic mass is 32.2. The number of hydrogen-bond acceptors (Lipinski definition) is 3. The highest BCUT2D eigenvalue weighted by molar-refractivity contribution is 7.87. The van der Waals surface area contributed by atoms with Gasteiger partial charge in [-0.15, -0.1) is 0 Å². The molecule has 1 aliphatic carbocycles. The standard InChI is InChI=1S/C30H30F6N2O3S/c31-29(32,33)26-16-25(17-27(18-26)30(34,35)36)28(39)38(21-24-14-8-3-9-15-24)42(40,41)37(19-22-10-4-1-5-11-22)20-23-12-6-2-7-13-23/h1,3-5,8-11,14-18,23H,2,6-7,12-13,19-21H2. The summed E-state index contributed by atoms with van der Waals surface area (Å²) >= 11 is 0. The maximum Gasteiger partial charge on any atom is 0.416 e. The summed E-state index contributed by atoms with van der Waals surface area (Å²) in [6, 6.07) is 16.9. The zero-order valence-electron chi connectivity index (χ0n) is 22.5. The molecule has 1 amide bonds. The lowest BCUT2D eigenvalue weighted by molar-refractivity contribution is -0.143. The molecular weight excluding hydrogens is 582 g/mol. The molecule has 1 aliphatic rings. The van der Waals surface area contributed by atoms with E-state index in [1.54, 1.807) is 48.5 Å². The van der Waals surface area contributed by atoms with Gasteiger partial charge in [-0.2, -0.15) is 39.1 Å². The second kappa shape index (κ2) is 12.9. The van der Waals surface area contributed by atoms with Crippen molar-refractivity contribution in [3.8, 4) is 0 Å². The van der Waals surface area contributed by atoms with Crippen molar-refractivity contribution in [2.75, 3.05) is 6.54 Å². The predicted molar refractivity (Wildman–Crippen MR) is 145 cm³/mol. The van der Waals surface area contributed by atoms with E-state index in [2.05, 4.69) is 0 Å². The lowest BCUT2D eigenvalue weighted by Crippen LogP contribution is -2.47. The van der Waals surface area contributed by atoms with Crippen LogP contribution in [0, 0.1) is 5.92 Å². The molecule has 0 bridgehead atoms. The molecule has 0 unspecified atom stereocenters. The van der Waals surface area contributed by atoms with Crippen LogP contribution < -0.4 is 0 Å². The van der Waals surface area contributed by atoms with Gasteiger partial charge in [0.15, 0.2) is 0 Å². The highest BCUT2D eigenvalue weighted by Gasteiger charge is 2.40. The van der Waals surface area contributed by atoms with Crippen LogP contribution in [0.1, 0.15) is 64.7 Å². The smallest absolute Gasteiger partial charge is 0.268 e. The quantitative estimate of drug-likeness (QED) is 0.233. The van der Waals surface area contributed by atoms with Gasteiger partial charge in [-0.3, -0.25) is 4.79 Å². The number of carbonyl (C=O) groups is 1. The van der Waals surface area contributed by atoms with Crippen molar-refractivity contribution in [2.45, 2.75) is 57.5 Å². The Morgan fingerprint density at radius 2 is 1.19 bits per heavy atom. The van der Waals surface area contributed by atoms with Crippen LogP contribution in [-0.4, -0.2) is 29.5 Å². The average Bonchev–Trinajstić information content (AvgIpc) is 2.95. The van der Waals surface area contributed by atoms with Gasteiger partial charge in [-0.1, -0.05) is 79.9 Å². The SMILES string of the molecule is O=C(c1cc(C(F)(F)F)cc(C(F)(F)F)c1)N(Cc1ccccc1)S(=O)(=O)N(Cc1ccccc1)CC1CCCCC1. The van der Waals surface area contributed by atoms with Gasteiger partial charge in [-0.05, 0) is 48.1 Å². The van der Waals surface area contributed by atoms with E-state index in [1.165, 1.54) is 12.1 Å². The number of hydrogen-bond donors (Lipinski definition) is 0. The van der Waals surface area contributed by atoms with Gasteiger partial charge in [-0.25, -0.2) is 4.31 Å². The fourth-order valence-electron chi connectivity index (χ4n) is 5.05. The molecule has 1 fully saturated rings. The molecule has 0 aliphatic heterocycles. The van der Waals surface area contributed by atoms with Gasteiger partial charge in [0.2, 0.25) is 0 Å². The monoisotopic (exact) mass is 612 g/mol. The minimum atomic E-state index is -5.21. The number of benzene rings is 3. The van der Waals surface area contributed by atoms with Crippen molar-refractivity contribution >= 4 is 16.1 Å². The Bertz CT molecular complexity index is 1420. The van der Waals surface area contributed by atoms with Gasteiger partial charge in [0, 0.05) is 18.7 Å². The topological polar surface area (TPSA) is 57.7 Å². The first-order chi connectivity index (χ1) is 19.7. The summed E-state index contributed by atoms with van der Waals surface area (Å²) in [6.07, 6.45) is -6.08. The van der Waals surface area contributed by atoms with Gasteiger partial charge < -0.3 is 0 Å². The third-order valence-electron chi connectivity index (χ3n) is 7.22. The van der Waals surface area contributed by atoms with Gasteiger partial charge >= 0.3 is 22.6 Å². The number of carbonyl (C=O) groups excluding carboxylic acids is 1. The molecule has 12 heteroatoms. The van der Waals surface area contributed by atoms with E-state index < -0.39 is 51.7 Å². The largest absolute Gasteiger partial charge is 0.416 e. The lowest BCUT2D eigenvalue weighted by atomic mass is 9.89. The summed E-state index contributed by atoms with van der Waals surface area (Å²) in [5.74, 6) is -1.51. The Morgan fingerprint density at radius 3 is 1.67 bits per heavy atom. The Hall–Kier alpha value is -3.38. The summed E-state index contributed by atoms with van der Waals surface area (Å²) in [5.41, 5.74) is -3.51.